The van der Waals surface area contributed by atoms with Crippen molar-refractivity contribution in [3.8, 4) is 0 Å². The highest BCUT2D eigenvalue weighted by Gasteiger charge is 2.29. The van der Waals surface area contributed by atoms with E-state index in [1.54, 1.807) is 18.2 Å². The van der Waals surface area contributed by atoms with Gasteiger partial charge in [-0.25, -0.2) is 8.42 Å². The molecule has 1 aliphatic heterocycles. The average Bonchev–Trinajstić information content (AvgIpc) is 2.59. The van der Waals surface area contributed by atoms with Gasteiger partial charge in [-0.2, -0.15) is 4.31 Å². The van der Waals surface area contributed by atoms with E-state index in [0.29, 0.717) is 24.7 Å². The van der Waals surface area contributed by atoms with Crippen LogP contribution in [-0.4, -0.2) is 51.4 Å². The van der Waals surface area contributed by atoms with E-state index in [1.165, 1.54) is 4.31 Å². The molecule has 3 N–H and O–H groups in total. The van der Waals surface area contributed by atoms with Gasteiger partial charge in [0.05, 0.1) is 16.3 Å². The fourth-order valence-corrected chi connectivity index (χ4v) is 4.52. The van der Waals surface area contributed by atoms with Crippen molar-refractivity contribution in [2.75, 3.05) is 43.4 Å². The first-order valence-electron chi connectivity index (χ1n) is 9.74. The van der Waals surface area contributed by atoms with E-state index in [4.69, 9.17) is 0 Å². The highest BCUT2D eigenvalue weighted by Crippen LogP contribution is 2.29. The first-order chi connectivity index (χ1) is 12.8. The number of sulfonamides is 1. The third-order valence-corrected chi connectivity index (χ3v) is 7.14. The number of rotatable bonds is 10. The van der Waals surface area contributed by atoms with E-state index < -0.39 is 10.0 Å². The molecule has 152 valence electrons. The fourth-order valence-electron chi connectivity index (χ4n) is 3.04. The largest absolute Gasteiger partial charge is 0.383 e. The van der Waals surface area contributed by atoms with Gasteiger partial charge in [0.15, 0.2) is 0 Å². The quantitative estimate of drug-likeness (QED) is 0.565. The van der Waals surface area contributed by atoms with Crippen molar-refractivity contribution in [2.24, 2.45) is 11.8 Å². The number of nitrogens with zero attached hydrogens (tertiary/aromatic N) is 1. The second kappa shape index (κ2) is 9.52. The van der Waals surface area contributed by atoms with Crippen molar-refractivity contribution in [1.82, 2.24) is 9.62 Å². The van der Waals surface area contributed by atoms with Gasteiger partial charge in [-0.1, -0.05) is 27.7 Å². The van der Waals surface area contributed by atoms with Gasteiger partial charge in [0.2, 0.25) is 15.9 Å². The van der Waals surface area contributed by atoms with Crippen LogP contribution in [0.5, 0.6) is 0 Å². The molecule has 1 heterocycles. The maximum atomic E-state index is 12.8. The molecular weight excluding hydrogens is 364 g/mol. The standard InChI is InChI=1S/C19H32N4O3S/c1-5-10-21-17-9-8-16(27(25,26)23(6-2)7-3)11-18(17)22-19(24)14(4)15-12-20-13-15/h8-9,11,14-15,20-21H,5-7,10,12-13H2,1-4H3,(H,22,24). The topological polar surface area (TPSA) is 90.5 Å². The maximum absolute atomic E-state index is 12.8. The molecule has 0 aliphatic carbocycles. The number of carbonyl (C=O) groups is 1. The van der Waals surface area contributed by atoms with E-state index in [1.807, 2.05) is 20.8 Å². The van der Waals surface area contributed by atoms with Crippen molar-refractivity contribution in [2.45, 2.75) is 39.0 Å². The summed E-state index contributed by atoms with van der Waals surface area (Å²) in [4.78, 5) is 12.8. The zero-order valence-corrected chi connectivity index (χ0v) is 17.5. The molecule has 0 radical (unpaired) electrons. The highest BCUT2D eigenvalue weighted by molar-refractivity contribution is 7.89. The Bertz CT molecular complexity index is 743. The van der Waals surface area contributed by atoms with Crippen molar-refractivity contribution in [3.05, 3.63) is 18.2 Å². The summed E-state index contributed by atoms with van der Waals surface area (Å²) in [6, 6.07) is 4.90. The van der Waals surface area contributed by atoms with Crippen molar-refractivity contribution < 1.29 is 13.2 Å². The Kier molecular flexibility index (Phi) is 7.64. The fraction of sp³-hybridized carbons (Fsp3) is 0.632. The van der Waals surface area contributed by atoms with Crippen LogP contribution in [0.2, 0.25) is 0 Å². The molecule has 0 saturated carbocycles. The molecular formula is C19H32N4O3S. The Morgan fingerprint density at radius 1 is 1.22 bits per heavy atom. The molecule has 1 amide bonds. The molecule has 7 nitrogen and oxygen atoms in total. The lowest BCUT2D eigenvalue weighted by Crippen LogP contribution is -2.48. The summed E-state index contributed by atoms with van der Waals surface area (Å²) in [7, 11) is -3.58. The zero-order valence-electron chi connectivity index (χ0n) is 16.7. The van der Waals surface area contributed by atoms with Gasteiger partial charge in [0.1, 0.15) is 0 Å². The summed E-state index contributed by atoms with van der Waals surface area (Å²) in [6.45, 7) is 10.8. The number of hydrogen-bond donors (Lipinski definition) is 3. The van der Waals surface area contributed by atoms with E-state index in [2.05, 4.69) is 22.9 Å². The van der Waals surface area contributed by atoms with Gasteiger partial charge in [0.25, 0.3) is 0 Å². The predicted octanol–water partition coefficient (Wildman–Crippen LogP) is 2.33. The van der Waals surface area contributed by atoms with Crippen LogP contribution in [-0.2, 0) is 14.8 Å². The van der Waals surface area contributed by atoms with Crippen LogP contribution in [0.25, 0.3) is 0 Å². The molecule has 8 heteroatoms. The predicted molar refractivity (Wildman–Crippen MR) is 109 cm³/mol. The first-order valence-corrected chi connectivity index (χ1v) is 11.2. The number of amides is 1. The van der Waals surface area contributed by atoms with Gasteiger partial charge in [-0.3, -0.25) is 4.79 Å². The Morgan fingerprint density at radius 2 is 1.89 bits per heavy atom. The summed E-state index contributed by atoms with van der Waals surface area (Å²) >= 11 is 0. The number of carbonyl (C=O) groups excluding carboxylic acids is 1. The normalized spacial score (nSPS) is 16.0. The van der Waals surface area contributed by atoms with Crippen LogP contribution in [0.4, 0.5) is 11.4 Å². The van der Waals surface area contributed by atoms with Crippen molar-refractivity contribution >= 4 is 27.3 Å². The van der Waals surface area contributed by atoms with Crippen LogP contribution in [0.1, 0.15) is 34.1 Å². The molecule has 1 aromatic rings. The Labute approximate surface area is 163 Å². The van der Waals surface area contributed by atoms with Gasteiger partial charge < -0.3 is 16.0 Å². The minimum absolute atomic E-state index is 0.0848. The molecule has 1 aliphatic rings. The van der Waals surface area contributed by atoms with Crippen LogP contribution in [0.3, 0.4) is 0 Å². The van der Waals surface area contributed by atoms with Gasteiger partial charge >= 0.3 is 0 Å². The lowest BCUT2D eigenvalue weighted by molar-refractivity contribution is -0.121. The molecule has 1 saturated heterocycles. The Balaban J connectivity index is 2.32. The molecule has 1 atom stereocenters. The number of benzene rings is 1. The molecule has 27 heavy (non-hydrogen) atoms. The average molecular weight is 397 g/mol. The maximum Gasteiger partial charge on any atom is 0.243 e. The summed E-state index contributed by atoms with van der Waals surface area (Å²) in [6.07, 6.45) is 0.928. The van der Waals surface area contributed by atoms with E-state index in [-0.39, 0.29) is 16.7 Å². The third kappa shape index (κ3) is 5.00. The number of nitrogens with one attached hydrogen (secondary N) is 3. The lowest BCUT2D eigenvalue weighted by Gasteiger charge is -2.32. The minimum Gasteiger partial charge on any atom is -0.383 e. The van der Waals surface area contributed by atoms with Gasteiger partial charge in [-0.05, 0) is 43.6 Å². The molecule has 1 aromatic carbocycles. The molecule has 0 bridgehead atoms. The highest BCUT2D eigenvalue weighted by atomic mass is 32.2. The summed E-state index contributed by atoms with van der Waals surface area (Å²) in [5.74, 6) is 0.103. The molecule has 0 aromatic heterocycles. The summed E-state index contributed by atoms with van der Waals surface area (Å²) < 4.78 is 27.1. The molecule has 1 unspecified atom stereocenters. The van der Waals surface area contributed by atoms with E-state index in [0.717, 1.165) is 31.7 Å². The molecule has 1 fully saturated rings. The van der Waals surface area contributed by atoms with E-state index in [9.17, 15) is 13.2 Å². The summed E-state index contributed by atoms with van der Waals surface area (Å²) in [5.41, 5.74) is 1.25. The number of hydrogen-bond acceptors (Lipinski definition) is 5. The van der Waals surface area contributed by atoms with E-state index >= 15 is 0 Å². The monoisotopic (exact) mass is 396 g/mol. The minimum atomic E-state index is -3.58. The summed E-state index contributed by atoms with van der Waals surface area (Å²) in [5, 5.41) is 9.39. The number of anilines is 2. The Morgan fingerprint density at radius 3 is 2.41 bits per heavy atom. The van der Waals surface area contributed by atoms with Crippen LogP contribution < -0.4 is 16.0 Å². The van der Waals surface area contributed by atoms with Gasteiger partial charge in [0, 0.05) is 25.6 Å². The van der Waals surface area contributed by atoms with Crippen molar-refractivity contribution in [3.63, 3.8) is 0 Å². The molecule has 0 spiro atoms. The molecule has 2 rings (SSSR count). The smallest absolute Gasteiger partial charge is 0.243 e. The van der Waals surface area contributed by atoms with Gasteiger partial charge in [-0.15, -0.1) is 0 Å². The SMILES string of the molecule is CCCNc1ccc(S(=O)(=O)N(CC)CC)cc1NC(=O)C(C)C1CNC1. The van der Waals surface area contributed by atoms with Crippen molar-refractivity contribution in [1.29, 1.82) is 0 Å². The lowest BCUT2D eigenvalue weighted by atomic mass is 9.88. The third-order valence-electron chi connectivity index (χ3n) is 5.09. The zero-order chi connectivity index (χ0) is 20.0. The second-order valence-electron chi connectivity index (χ2n) is 6.92. The van der Waals surface area contributed by atoms with Crippen LogP contribution in [0.15, 0.2) is 23.1 Å². The van der Waals surface area contributed by atoms with Crippen LogP contribution in [0, 0.1) is 11.8 Å². The first kappa shape index (κ1) is 21.7. The Hall–Kier alpha value is -1.64. The second-order valence-corrected chi connectivity index (χ2v) is 8.86. The van der Waals surface area contributed by atoms with Crippen LogP contribution >= 0.6 is 0 Å².